The van der Waals surface area contributed by atoms with E-state index in [4.69, 9.17) is 5.73 Å². The molecule has 0 aliphatic rings. The molecule has 0 spiro atoms. The van der Waals surface area contributed by atoms with Crippen LogP contribution in [0, 0.1) is 5.92 Å². The van der Waals surface area contributed by atoms with Crippen LogP contribution in [-0.4, -0.2) is 51.1 Å². The molecule has 0 bridgehead atoms. The predicted molar refractivity (Wildman–Crippen MR) is 96.1 cm³/mol. The van der Waals surface area contributed by atoms with E-state index in [1.54, 1.807) is 0 Å². The smallest absolute Gasteiger partial charge is 0.211 e. The van der Waals surface area contributed by atoms with Gasteiger partial charge in [-0.15, -0.1) is 24.0 Å². The maximum Gasteiger partial charge on any atom is 0.211 e. The van der Waals surface area contributed by atoms with Crippen molar-refractivity contribution in [1.82, 2.24) is 9.62 Å². The van der Waals surface area contributed by atoms with E-state index >= 15 is 0 Å². The van der Waals surface area contributed by atoms with Crippen LogP contribution in [0.4, 0.5) is 0 Å². The van der Waals surface area contributed by atoms with E-state index in [1.807, 2.05) is 6.92 Å². The Bertz CT molecular complexity index is 372. The molecule has 0 fully saturated rings. The Morgan fingerprint density at radius 2 is 2.00 bits per heavy atom. The van der Waals surface area contributed by atoms with Gasteiger partial charge in [0.1, 0.15) is 0 Å². The van der Waals surface area contributed by atoms with Gasteiger partial charge in [0.15, 0.2) is 5.96 Å². The third kappa shape index (κ3) is 11.7. The van der Waals surface area contributed by atoms with E-state index in [-0.39, 0.29) is 24.0 Å². The molecule has 0 aliphatic carbocycles. The highest BCUT2D eigenvalue weighted by Crippen LogP contribution is 1.99. The molecular weight excluding hydrogens is 391 g/mol. The van der Waals surface area contributed by atoms with Crippen LogP contribution in [0.25, 0.3) is 0 Å². The van der Waals surface area contributed by atoms with Crippen molar-refractivity contribution in [3.05, 3.63) is 0 Å². The molecule has 0 aromatic rings. The molecule has 0 saturated carbocycles. The highest BCUT2D eigenvalue weighted by molar-refractivity contribution is 14.0. The summed E-state index contributed by atoms with van der Waals surface area (Å²) in [5.41, 5.74) is 5.70. The Kier molecular flexibility index (Phi) is 12.8. The number of halogens is 1. The van der Waals surface area contributed by atoms with Gasteiger partial charge in [-0.3, -0.25) is 4.99 Å². The Labute approximate surface area is 140 Å². The molecule has 0 aromatic carbocycles. The highest BCUT2D eigenvalue weighted by Gasteiger charge is 2.12. The number of sulfonamides is 1. The zero-order valence-electron chi connectivity index (χ0n) is 12.9. The van der Waals surface area contributed by atoms with Gasteiger partial charge in [-0.2, -0.15) is 0 Å². The van der Waals surface area contributed by atoms with Crippen LogP contribution < -0.4 is 11.1 Å². The van der Waals surface area contributed by atoms with Gasteiger partial charge in [-0.1, -0.05) is 20.8 Å². The van der Waals surface area contributed by atoms with Crippen LogP contribution in [0.2, 0.25) is 0 Å². The number of hydrogen-bond donors (Lipinski definition) is 2. The van der Waals surface area contributed by atoms with Crippen molar-refractivity contribution in [2.75, 3.05) is 32.4 Å². The van der Waals surface area contributed by atoms with E-state index in [9.17, 15) is 8.42 Å². The first kappa shape index (κ1) is 22.2. The van der Waals surface area contributed by atoms with Crippen molar-refractivity contribution in [3.63, 3.8) is 0 Å². The fourth-order valence-corrected chi connectivity index (χ4v) is 2.48. The van der Waals surface area contributed by atoms with Crippen molar-refractivity contribution in [1.29, 1.82) is 0 Å². The molecule has 8 heteroatoms. The number of hydrogen-bond acceptors (Lipinski definition) is 3. The summed E-state index contributed by atoms with van der Waals surface area (Å²) in [5.74, 6) is 1.07. The molecule has 0 saturated heterocycles. The summed E-state index contributed by atoms with van der Waals surface area (Å²) in [6, 6.07) is 0. The monoisotopic (exact) mass is 420 g/mol. The number of aliphatic imine (C=N–C) groups is 1. The van der Waals surface area contributed by atoms with Crippen LogP contribution in [0.5, 0.6) is 0 Å². The highest BCUT2D eigenvalue weighted by atomic mass is 127. The van der Waals surface area contributed by atoms with E-state index in [1.165, 1.54) is 10.6 Å². The van der Waals surface area contributed by atoms with Crippen LogP contribution in [0.15, 0.2) is 4.99 Å². The molecule has 122 valence electrons. The van der Waals surface area contributed by atoms with E-state index < -0.39 is 10.0 Å². The molecule has 0 aliphatic heterocycles. The topological polar surface area (TPSA) is 87.8 Å². The number of nitrogens with one attached hydrogen (secondary N) is 1. The van der Waals surface area contributed by atoms with Crippen molar-refractivity contribution < 1.29 is 8.42 Å². The largest absolute Gasteiger partial charge is 0.370 e. The summed E-state index contributed by atoms with van der Waals surface area (Å²) in [6.45, 7) is 8.46. The fourth-order valence-electron chi connectivity index (χ4n) is 1.55. The second-order valence-electron chi connectivity index (χ2n) is 4.98. The Morgan fingerprint density at radius 1 is 1.40 bits per heavy atom. The van der Waals surface area contributed by atoms with E-state index in [2.05, 4.69) is 24.2 Å². The van der Waals surface area contributed by atoms with E-state index in [0.717, 1.165) is 13.0 Å². The molecule has 20 heavy (non-hydrogen) atoms. The quantitative estimate of drug-likeness (QED) is 0.254. The Balaban J connectivity index is 0. The van der Waals surface area contributed by atoms with Gasteiger partial charge in [0, 0.05) is 26.2 Å². The third-order valence-corrected chi connectivity index (χ3v) is 4.08. The minimum absolute atomic E-state index is 0. The van der Waals surface area contributed by atoms with Gasteiger partial charge in [-0.25, -0.2) is 12.7 Å². The first-order chi connectivity index (χ1) is 8.77. The van der Waals surface area contributed by atoms with Gasteiger partial charge in [0.25, 0.3) is 0 Å². The number of nitrogens with two attached hydrogens (primary N) is 1. The minimum Gasteiger partial charge on any atom is -0.370 e. The molecule has 3 N–H and O–H groups in total. The lowest BCUT2D eigenvalue weighted by molar-refractivity contribution is 0.427. The second-order valence-corrected chi connectivity index (χ2v) is 6.97. The van der Waals surface area contributed by atoms with Crippen molar-refractivity contribution >= 4 is 40.0 Å². The molecular formula is C12H29IN4O2S. The standard InChI is InChI=1S/C12H28N4O2S.HI/c1-5-16(19(4,17)18)10-6-8-14-12(13)15-9-7-11(2)3;/h11H,5-10H2,1-4H3,(H3,13,14,15);1H. The lowest BCUT2D eigenvalue weighted by Crippen LogP contribution is -2.34. The zero-order chi connectivity index (χ0) is 14.9. The molecule has 0 radical (unpaired) electrons. The second kappa shape index (κ2) is 11.6. The summed E-state index contributed by atoms with van der Waals surface area (Å²) in [5, 5.41) is 3.04. The molecule has 0 aromatic heterocycles. The van der Waals surface area contributed by atoms with Crippen LogP contribution in [-0.2, 0) is 10.0 Å². The molecule has 0 atom stereocenters. The van der Waals surface area contributed by atoms with Crippen molar-refractivity contribution in [3.8, 4) is 0 Å². The Hall–Kier alpha value is -0.0900. The van der Waals surface area contributed by atoms with Crippen molar-refractivity contribution in [2.24, 2.45) is 16.6 Å². The van der Waals surface area contributed by atoms with Crippen LogP contribution in [0.1, 0.15) is 33.6 Å². The third-order valence-electron chi connectivity index (χ3n) is 2.70. The number of nitrogens with zero attached hydrogens (tertiary/aromatic N) is 2. The summed E-state index contributed by atoms with van der Waals surface area (Å²) >= 11 is 0. The maximum absolute atomic E-state index is 11.3. The van der Waals surface area contributed by atoms with Gasteiger partial charge in [-0.05, 0) is 18.8 Å². The van der Waals surface area contributed by atoms with Crippen LogP contribution >= 0.6 is 24.0 Å². The predicted octanol–water partition coefficient (Wildman–Crippen LogP) is 1.23. The van der Waals surface area contributed by atoms with Gasteiger partial charge in [0.05, 0.1) is 6.26 Å². The van der Waals surface area contributed by atoms with Crippen molar-refractivity contribution in [2.45, 2.75) is 33.6 Å². The molecule has 0 unspecified atom stereocenters. The van der Waals surface area contributed by atoms with E-state index in [0.29, 0.717) is 37.9 Å². The Morgan fingerprint density at radius 3 is 2.45 bits per heavy atom. The number of rotatable bonds is 9. The molecule has 0 amide bonds. The first-order valence-electron chi connectivity index (χ1n) is 6.76. The SMILES string of the molecule is CCN(CCCN=C(N)NCCC(C)C)S(C)(=O)=O.I. The summed E-state index contributed by atoms with van der Waals surface area (Å²) in [6.07, 6.45) is 2.95. The molecule has 6 nitrogen and oxygen atoms in total. The lowest BCUT2D eigenvalue weighted by Gasteiger charge is -2.16. The summed E-state index contributed by atoms with van der Waals surface area (Å²) < 4.78 is 24.1. The zero-order valence-corrected chi connectivity index (χ0v) is 16.1. The molecule has 0 rings (SSSR count). The number of guanidine groups is 1. The fraction of sp³-hybridized carbons (Fsp3) is 0.917. The average molecular weight is 420 g/mol. The minimum atomic E-state index is -3.10. The molecule has 0 heterocycles. The van der Waals surface area contributed by atoms with Gasteiger partial charge in [0.2, 0.25) is 10.0 Å². The van der Waals surface area contributed by atoms with Crippen LogP contribution in [0.3, 0.4) is 0 Å². The summed E-state index contributed by atoms with van der Waals surface area (Å²) in [4.78, 5) is 4.17. The van der Waals surface area contributed by atoms with Gasteiger partial charge < -0.3 is 11.1 Å². The first-order valence-corrected chi connectivity index (χ1v) is 8.61. The van der Waals surface area contributed by atoms with Gasteiger partial charge >= 0.3 is 0 Å². The average Bonchev–Trinajstić information content (AvgIpc) is 2.26. The maximum atomic E-state index is 11.3. The lowest BCUT2D eigenvalue weighted by atomic mass is 10.1. The summed E-state index contributed by atoms with van der Waals surface area (Å²) in [7, 11) is -3.10. The normalized spacial score (nSPS) is 12.6.